The molecule has 1 fully saturated rings. The maximum absolute atomic E-state index is 12.6. The summed E-state index contributed by atoms with van der Waals surface area (Å²) in [6, 6.07) is 7.50. The van der Waals surface area contributed by atoms with Crippen LogP contribution in [0, 0.1) is 0 Å². The fraction of sp³-hybridized carbons (Fsp3) is 0.474. The van der Waals surface area contributed by atoms with E-state index in [1.54, 1.807) is 35.8 Å². The van der Waals surface area contributed by atoms with Crippen molar-refractivity contribution in [3.63, 3.8) is 0 Å². The van der Waals surface area contributed by atoms with Crippen LogP contribution in [0.15, 0.2) is 24.3 Å². The number of nitrogens with zero attached hydrogens (tertiary/aromatic N) is 3. The van der Waals surface area contributed by atoms with E-state index in [1.165, 1.54) is 0 Å². The number of rotatable bonds is 3. The number of hydrogen-bond acceptors (Lipinski definition) is 2. The Balaban J connectivity index is 1.57. The lowest BCUT2D eigenvalue weighted by Gasteiger charge is -2.38. The molecule has 4 amide bonds. The van der Waals surface area contributed by atoms with E-state index in [1.807, 2.05) is 24.3 Å². The van der Waals surface area contributed by atoms with Gasteiger partial charge in [-0.3, -0.25) is 0 Å². The van der Waals surface area contributed by atoms with Gasteiger partial charge in [-0.25, -0.2) is 9.59 Å². The van der Waals surface area contributed by atoms with Gasteiger partial charge in [0, 0.05) is 55.9 Å². The Morgan fingerprint density at radius 3 is 2.81 bits per heavy atom. The van der Waals surface area contributed by atoms with E-state index in [2.05, 4.69) is 10.3 Å². The minimum absolute atomic E-state index is 0.00903. The van der Waals surface area contributed by atoms with E-state index in [-0.39, 0.29) is 18.1 Å². The third kappa shape index (κ3) is 4.47. The van der Waals surface area contributed by atoms with Crippen LogP contribution in [0.2, 0.25) is 5.02 Å². The van der Waals surface area contributed by atoms with Crippen LogP contribution in [0.5, 0.6) is 0 Å². The lowest BCUT2D eigenvalue weighted by Crippen LogP contribution is -2.54. The molecule has 27 heavy (non-hydrogen) atoms. The molecule has 0 bridgehead atoms. The molecule has 0 aliphatic carbocycles. The molecule has 2 aromatic rings. The second kappa shape index (κ2) is 8.08. The van der Waals surface area contributed by atoms with Crippen molar-refractivity contribution < 1.29 is 9.59 Å². The van der Waals surface area contributed by atoms with Gasteiger partial charge in [-0.1, -0.05) is 11.6 Å². The number of likely N-dealkylation sites (tertiary alicyclic amines) is 1. The molecule has 146 valence electrons. The van der Waals surface area contributed by atoms with Gasteiger partial charge in [0.2, 0.25) is 0 Å². The van der Waals surface area contributed by atoms with Gasteiger partial charge >= 0.3 is 12.1 Å². The first-order valence-corrected chi connectivity index (χ1v) is 9.47. The number of H-pyrrole nitrogens is 1. The summed E-state index contributed by atoms with van der Waals surface area (Å²) in [6.45, 7) is 1.70. The number of halogens is 1. The fourth-order valence-electron chi connectivity index (χ4n) is 3.45. The van der Waals surface area contributed by atoms with E-state index < -0.39 is 0 Å². The predicted octanol–water partition coefficient (Wildman–Crippen LogP) is 3.11. The Morgan fingerprint density at radius 1 is 1.30 bits per heavy atom. The lowest BCUT2D eigenvalue weighted by atomic mass is 10.1. The summed E-state index contributed by atoms with van der Waals surface area (Å²) in [5.41, 5.74) is 1.91. The van der Waals surface area contributed by atoms with E-state index in [0.29, 0.717) is 18.1 Å². The zero-order valence-corrected chi connectivity index (χ0v) is 16.7. The molecular weight excluding hydrogens is 366 g/mol. The third-order valence-electron chi connectivity index (χ3n) is 4.99. The number of likely N-dealkylation sites (N-methyl/N-ethyl adjacent to an activating group) is 1. The van der Waals surface area contributed by atoms with E-state index >= 15 is 0 Å². The summed E-state index contributed by atoms with van der Waals surface area (Å²) >= 11 is 6.02. The molecule has 8 heteroatoms. The van der Waals surface area contributed by atoms with Crippen LogP contribution >= 0.6 is 11.6 Å². The van der Waals surface area contributed by atoms with Crippen molar-refractivity contribution >= 4 is 34.6 Å². The molecule has 2 N–H and O–H groups in total. The first-order valence-electron chi connectivity index (χ1n) is 9.09. The van der Waals surface area contributed by atoms with Crippen molar-refractivity contribution in [3.05, 3.63) is 35.0 Å². The lowest BCUT2D eigenvalue weighted by molar-refractivity contribution is 0.119. The minimum atomic E-state index is -0.143. The van der Waals surface area contributed by atoms with Crippen LogP contribution in [0.3, 0.4) is 0 Å². The Labute approximate surface area is 164 Å². The summed E-state index contributed by atoms with van der Waals surface area (Å²) < 4.78 is 0. The highest BCUT2D eigenvalue weighted by Crippen LogP contribution is 2.20. The number of hydrogen-bond donors (Lipinski definition) is 2. The summed E-state index contributed by atoms with van der Waals surface area (Å²) in [6.07, 6.45) is 1.79. The summed E-state index contributed by atoms with van der Waals surface area (Å²) in [5, 5.41) is 4.65. The van der Waals surface area contributed by atoms with Crippen LogP contribution in [0.4, 0.5) is 9.59 Å². The number of urea groups is 2. The second-order valence-electron chi connectivity index (χ2n) is 7.21. The Hall–Kier alpha value is -2.41. The fourth-order valence-corrected chi connectivity index (χ4v) is 3.63. The average molecular weight is 392 g/mol. The highest BCUT2D eigenvalue weighted by atomic mass is 35.5. The van der Waals surface area contributed by atoms with Gasteiger partial charge in [0.15, 0.2) is 0 Å². The SMILES string of the molecule is CN(C)C(=O)N1CCC[C@@H](N(C)C(=O)NCc2cc3cc(Cl)ccc3[nH]2)C1. The number of nitrogens with one attached hydrogen (secondary N) is 2. The highest BCUT2D eigenvalue weighted by molar-refractivity contribution is 6.31. The number of aromatic nitrogens is 1. The monoisotopic (exact) mass is 391 g/mol. The van der Waals surface area contributed by atoms with Crippen molar-refractivity contribution in [2.75, 3.05) is 34.2 Å². The maximum Gasteiger partial charge on any atom is 0.319 e. The van der Waals surface area contributed by atoms with Crippen LogP contribution < -0.4 is 5.32 Å². The van der Waals surface area contributed by atoms with E-state index in [0.717, 1.165) is 36.0 Å². The first kappa shape index (κ1) is 19.4. The number of aromatic amines is 1. The molecule has 1 saturated heterocycles. The summed E-state index contributed by atoms with van der Waals surface area (Å²) in [4.78, 5) is 33.1. The minimum Gasteiger partial charge on any atom is -0.357 e. The van der Waals surface area contributed by atoms with Gasteiger partial charge in [-0.05, 0) is 37.1 Å². The van der Waals surface area contributed by atoms with Gasteiger partial charge in [0.05, 0.1) is 12.6 Å². The van der Waals surface area contributed by atoms with Crippen LogP contribution in [0.25, 0.3) is 10.9 Å². The standard InChI is InChI=1S/C19H26ClN5O2/c1-23(2)19(27)25-8-4-5-16(12-25)24(3)18(26)21-11-15-10-13-9-14(20)6-7-17(13)22-15/h6-7,9-10,16,22H,4-5,8,11-12H2,1-3H3,(H,21,26)/t16-/m1/s1. The first-order chi connectivity index (χ1) is 12.8. The number of fused-ring (bicyclic) bond motifs is 1. The van der Waals surface area contributed by atoms with Gasteiger partial charge < -0.3 is 25.0 Å². The maximum atomic E-state index is 12.6. The zero-order valence-electron chi connectivity index (χ0n) is 16.0. The molecule has 1 atom stereocenters. The van der Waals surface area contributed by atoms with Crippen LogP contribution in [0.1, 0.15) is 18.5 Å². The largest absolute Gasteiger partial charge is 0.357 e. The Bertz CT molecular complexity index is 835. The quantitative estimate of drug-likeness (QED) is 0.843. The van der Waals surface area contributed by atoms with Crippen molar-refractivity contribution in [2.24, 2.45) is 0 Å². The number of piperidine rings is 1. The van der Waals surface area contributed by atoms with Gasteiger partial charge in [0.25, 0.3) is 0 Å². The Morgan fingerprint density at radius 2 is 2.07 bits per heavy atom. The normalized spacial score (nSPS) is 17.0. The smallest absolute Gasteiger partial charge is 0.319 e. The zero-order chi connectivity index (χ0) is 19.6. The van der Waals surface area contributed by atoms with Crippen LogP contribution in [-0.4, -0.2) is 72.0 Å². The van der Waals surface area contributed by atoms with Gasteiger partial charge in [-0.15, -0.1) is 0 Å². The second-order valence-corrected chi connectivity index (χ2v) is 7.65. The number of carbonyl (C=O) groups is 2. The van der Waals surface area contributed by atoms with Crippen molar-refractivity contribution in [1.29, 1.82) is 0 Å². The number of benzene rings is 1. The molecule has 0 unspecified atom stereocenters. The van der Waals surface area contributed by atoms with Crippen LogP contribution in [-0.2, 0) is 6.54 Å². The van der Waals surface area contributed by atoms with Gasteiger partial charge in [0.1, 0.15) is 0 Å². The molecule has 1 aromatic carbocycles. The molecular formula is C19H26ClN5O2. The Kier molecular flexibility index (Phi) is 5.79. The van der Waals surface area contributed by atoms with Crippen molar-refractivity contribution in [1.82, 2.24) is 25.0 Å². The molecule has 1 aromatic heterocycles. The average Bonchev–Trinajstić information content (AvgIpc) is 3.06. The van der Waals surface area contributed by atoms with Crippen molar-refractivity contribution in [3.8, 4) is 0 Å². The molecule has 0 saturated carbocycles. The molecule has 7 nitrogen and oxygen atoms in total. The molecule has 3 rings (SSSR count). The molecule has 1 aliphatic rings. The predicted molar refractivity (Wildman–Crippen MR) is 107 cm³/mol. The number of carbonyl (C=O) groups excluding carboxylic acids is 2. The molecule has 1 aliphatic heterocycles. The van der Waals surface area contributed by atoms with E-state index in [4.69, 9.17) is 11.6 Å². The number of amides is 4. The highest BCUT2D eigenvalue weighted by Gasteiger charge is 2.29. The molecule has 0 radical (unpaired) electrons. The summed E-state index contributed by atoms with van der Waals surface area (Å²) in [5.74, 6) is 0. The summed E-state index contributed by atoms with van der Waals surface area (Å²) in [7, 11) is 5.28. The third-order valence-corrected chi connectivity index (χ3v) is 5.22. The molecule has 0 spiro atoms. The van der Waals surface area contributed by atoms with Gasteiger partial charge in [-0.2, -0.15) is 0 Å². The van der Waals surface area contributed by atoms with E-state index in [9.17, 15) is 9.59 Å². The van der Waals surface area contributed by atoms with Crippen molar-refractivity contribution in [2.45, 2.75) is 25.4 Å². The molecule has 2 heterocycles. The topological polar surface area (TPSA) is 71.7 Å².